The second kappa shape index (κ2) is 11.2. The molecule has 35 heavy (non-hydrogen) atoms. The lowest BCUT2D eigenvalue weighted by Gasteiger charge is -2.16. The van der Waals surface area contributed by atoms with Crippen LogP contribution in [0.2, 0.25) is 0 Å². The fraction of sp³-hybridized carbons (Fsp3) is 0.214. The highest BCUT2D eigenvalue weighted by atomic mass is 16.5. The van der Waals surface area contributed by atoms with E-state index in [1.807, 2.05) is 48.7 Å². The van der Waals surface area contributed by atoms with E-state index in [1.54, 1.807) is 31.8 Å². The number of carboxylic acid groups (broad SMARTS) is 1. The van der Waals surface area contributed by atoms with Gasteiger partial charge in [0.15, 0.2) is 0 Å². The molecule has 0 unspecified atom stereocenters. The fourth-order valence-electron chi connectivity index (χ4n) is 4.12. The van der Waals surface area contributed by atoms with E-state index in [-0.39, 0.29) is 5.91 Å². The number of aryl methyl sites for hydroxylation is 2. The number of hydrogen-bond acceptors (Lipinski definition) is 5. The number of carbonyl (C=O) groups excluding carboxylic acids is 1. The predicted octanol–water partition coefficient (Wildman–Crippen LogP) is 4.23. The van der Waals surface area contributed by atoms with Crippen LogP contribution >= 0.6 is 0 Å². The molecule has 0 saturated heterocycles. The summed E-state index contributed by atoms with van der Waals surface area (Å²) in [5.74, 6) is -0.0484. The lowest BCUT2D eigenvalue weighted by atomic mass is 9.93. The molecular weight excluding hydrogens is 442 g/mol. The Bertz CT molecular complexity index is 1300. The summed E-state index contributed by atoms with van der Waals surface area (Å²) in [5, 5.41) is 11.8. The predicted molar refractivity (Wildman–Crippen MR) is 134 cm³/mol. The minimum atomic E-state index is -0.817. The van der Waals surface area contributed by atoms with Crippen molar-refractivity contribution in [3.8, 4) is 5.75 Å². The van der Waals surface area contributed by atoms with Gasteiger partial charge in [-0.15, -0.1) is 0 Å². The number of nitrogens with zero attached hydrogens (tertiary/aromatic N) is 2. The number of para-hydroxylation sites is 1. The van der Waals surface area contributed by atoms with Crippen molar-refractivity contribution in [2.75, 3.05) is 7.11 Å². The van der Waals surface area contributed by atoms with Crippen molar-refractivity contribution in [1.82, 2.24) is 15.3 Å². The third-order valence-electron chi connectivity index (χ3n) is 6.07. The van der Waals surface area contributed by atoms with Crippen LogP contribution < -0.4 is 10.1 Å². The first-order valence-electron chi connectivity index (χ1n) is 11.5. The van der Waals surface area contributed by atoms with E-state index in [0.717, 1.165) is 52.8 Å². The maximum atomic E-state index is 12.3. The Morgan fingerprint density at radius 2 is 1.49 bits per heavy atom. The molecule has 0 radical (unpaired) electrons. The molecule has 1 amide bonds. The third-order valence-corrected chi connectivity index (χ3v) is 6.07. The first-order valence-corrected chi connectivity index (χ1v) is 11.5. The average Bonchev–Trinajstić information content (AvgIpc) is 2.91. The van der Waals surface area contributed by atoms with Gasteiger partial charge in [0.05, 0.1) is 7.11 Å². The number of ether oxygens (including phenoxy) is 1. The molecule has 7 heteroatoms. The van der Waals surface area contributed by atoms with Crippen molar-refractivity contribution >= 4 is 24.0 Å². The number of rotatable bonds is 5. The van der Waals surface area contributed by atoms with Crippen molar-refractivity contribution in [2.24, 2.45) is 0 Å². The number of fused-ring (bicyclic) bond motifs is 2. The van der Waals surface area contributed by atoms with Gasteiger partial charge < -0.3 is 15.2 Å². The first-order chi connectivity index (χ1) is 17.0. The van der Waals surface area contributed by atoms with Crippen LogP contribution in [0.5, 0.6) is 5.75 Å². The van der Waals surface area contributed by atoms with Crippen LogP contribution in [0, 0.1) is 0 Å². The van der Waals surface area contributed by atoms with E-state index in [9.17, 15) is 9.59 Å². The van der Waals surface area contributed by atoms with Crippen molar-refractivity contribution in [3.63, 3.8) is 0 Å². The molecule has 0 atom stereocenters. The number of pyridine rings is 2. The summed E-state index contributed by atoms with van der Waals surface area (Å²) in [7, 11) is 1.63. The van der Waals surface area contributed by atoms with E-state index < -0.39 is 5.97 Å². The van der Waals surface area contributed by atoms with Crippen molar-refractivity contribution in [3.05, 3.63) is 100 Å². The molecule has 3 aromatic rings. The van der Waals surface area contributed by atoms with Gasteiger partial charge in [-0.05, 0) is 78.3 Å². The lowest BCUT2D eigenvalue weighted by molar-refractivity contribution is -0.132. The highest BCUT2D eigenvalue weighted by molar-refractivity contribution is 5.98. The van der Waals surface area contributed by atoms with Gasteiger partial charge in [0.2, 0.25) is 5.91 Å². The average molecular weight is 470 g/mol. The quantitative estimate of drug-likeness (QED) is 0.580. The Kier molecular flexibility index (Phi) is 7.67. The van der Waals surface area contributed by atoms with Gasteiger partial charge >= 0.3 is 5.97 Å². The molecule has 2 aliphatic rings. The van der Waals surface area contributed by atoms with E-state index in [4.69, 9.17) is 9.84 Å². The Hall–Kier alpha value is -4.26. The summed E-state index contributed by atoms with van der Waals surface area (Å²) in [5.41, 5.74) is 6.67. The van der Waals surface area contributed by atoms with Gasteiger partial charge in [-0.2, -0.15) is 0 Å². The summed E-state index contributed by atoms with van der Waals surface area (Å²) >= 11 is 0. The Labute approximate surface area is 204 Å². The minimum absolute atomic E-state index is 0.0200. The van der Waals surface area contributed by atoms with E-state index in [2.05, 4.69) is 15.3 Å². The summed E-state index contributed by atoms with van der Waals surface area (Å²) in [6.07, 6.45) is 13.8. The standard InChI is InChI=1S/C18H18N2O2.C10H9NO2/c1-22-17-5-3-2-4-16(17)12-20-18(21)14-6-7-15-11-19-9-8-13(15)10-14;12-10(13)8-1-2-9-6-11-4-3-7(9)5-8/h2-5,8-11H,6-7,12H2,1H3,(H,20,21);3-6H,1-2H2,(H,12,13). The monoisotopic (exact) mass is 469 g/mol. The zero-order chi connectivity index (χ0) is 24.6. The summed E-state index contributed by atoms with van der Waals surface area (Å²) in [6, 6.07) is 11.5. The molecule has 2 heterocycles. The minimum Gasteiger partial charge on any atom is -0.496 e. The lowest BCUT2D eigenvalue weighted by Crippen LogP contribution is -2.25. The van der Waals surface area contributed by atoms with E-state index in [0.29, 0.717) is 18.5 Å². The molecule has 2 N–H and O–H groups in total. The number of carboxylic acids is 1. The van der Waals surface area contributed by atoms with Crippen LogP contribution in [0.1, 0.15) is 40.7 Å². The molecule has 7 nitrogen and oxygen atoms in total. The Balaban J connectivity index is 0.000000189. The molecule has 2 aliphatic carbocycles. The maximum absolute atomic E-state index is 12.3. The third kappa shape index (κ3) is 6.00. The molecule has 5 rings (SSSR count). The molecule has 1 aromatic carbocycles. The first kappa shape index (κ1) is 23.9. The molecule has 0 fully saturated rings. The van der Waals surface area contributed by atoms with Gasteiger partial charge in [0.25, 0.3) is 0 Å². The normalized spacial score (nSPS) is 13.6. The van der Waals surface area contributed by atoms with Gasteiger partial charge in [-0.3, -0.25) is 14.8 Å². The number of methoxy groups -OCH3 is 1. The van der Waals surface area contributed by atoms with Gasteiger partial charge in [0.1, 0.15) is 5.75 Å². The highest BCUT2D eigenvalue weighted by Crippen LogP contribution is 2.24. The second-order valence-electron chi connectivity index (χ2n) is 8.29. The molecule has 0 bridgehead atoms. The molecule has 0 saturated carbocycles. The van der Waals surface area contributed by atoms with Gasteiger partial charge in [0, 0.05) is 48.0 Å². The molecule has 178 valence electrons. The number of nitrogens with one attached hydrogen (secondary N) is 1. The molecular formula is C28H27N3O4. The van der Waals surface area contributed by atoms with E-state index >= 15 is 0 Å². The van der Waals surface area contributed by atoms with Crippen LogP contribution in [-0.4, -0.2) is 34.1 Å². The van der Waals surface area contributed by atoms with Crippen LogP contribution in [0.4, 0.5) is 0 Å². The zero-order valence-electron chi connectivity index (χ0n) is 19.5. The van der Waals surface area contributed by atoms with Crippen molar-refractivity contribution in [1.29, 1.82) is 0 Å². The van der Waals surface area contributed by atoms with Crippen molar-refractivity contribution in [2.45, 2.75) is 32.2 Å². The van der Waals surface area contributed by atoms with Crippen LogP contribution in [0.3, 0.4) is 0 Å². The molecule has 0 aliphatic heterocycles. The maximum Gasteiger partial charge on any atom is 0.331 e. The van der Waals surface area contributed by atoms with Gasteiger partial charge in [-0.25, -0.2) is 4.79 Å². The molecule has 2 aromatic heterocycles. The van der Waals surface area contributed by atoms with Crippen LogP contribution in [0.15, 0.2) is 72.3 Å². The number of aromatic nitrogens is 2. The molecule has 0 spiro atoms. The Morgan fingerprint density at radius 3 is 2.11 bits per heavy atom. The number of benzene rings is 1. The largest absolute Gasteiger partial charge is 0.496 e. The second-order valence-corrected chi connectivity index (χ2v) is 8.29. The fourth-order valence-corrected chi connectivity index (χ4v) is 4.12. The van der Waals surface area contributed by atoms with E-state index in [1.165, 1.54) is 5.56 Å². The summed E-state index contributed by atoms with van der Waals surface area (Å²) < 4.78 is 5.30. The summed E-state index contributed by atoms with van der Waals surface area (Å²) in [6.45, 7) is 0.462. The SMILES string of the molecule is COc1ccccc1CNC(=O)C1=Cc2ccncc2CC1.O=C(O)C1=Cc2ccncc2CC1. The topological polar surface area (TPSA) is 101 Å². The Morgan fingerprint density at radius 1 is 0.886 bits per heavy atom. The number of carbonyl (C=O) groups is 2. The smallest absolute Gasteiger partial charge is 0.331 e. The highest BCUT2D eigenvalue weighted by Gasteiger charge is 2.16. The number of amides is 1. The number of aliphatic carboxylic acids is 1. The van der Waals surface area contributed by atoms with Crippen molar-refractivity contribution < 1.29 is 19.4 Å². The zero-order valence-corrected chi connectivity index (χ0v) is 19.5. The van der Waals surface area contributed by atoms with Crippen LogP contribution in [0.25, 0.3) is 12.2 Å². The summed E-state index contributed by atoms with van der Waals surface area (Å²) in [4.78, 5) is 31.1. The number of hydrogen-bond donors (Lipinski definition) is 2. The van der Waals surface area contributed by atoms with Crippen LogP contribution in [-0.2, 0) is 29.0 Å². The van der Waals surface area contributed by atoms with Gasteiger partial charge in [-0.1, -0.05) is 18.2 Å².